The van der Waals surface area contributed by atoms with Crippen molar-refractivity contribution >= 4 is 23.8 Å². The van der Waals surface area contributed by atoms with Gasteiger partial charge >= 0.3 is 6.03 Å². The zero-order valence-corrected chi connectivity index (χ0v) is 11.9. The molecule has 0 saturated carbocycles. The van der Waals surface area contributed by atoms with E-state index in [1.54, 1.807) is 12.3 Å². The van der Waals surface area contributed by atoms with Gasteiger partial charge in [-0.15, -0.1) is 0 Å². The highest BCUT2D eigenvalue weighted by atomic mass is 16.2. The summed E-state index contributed by atoms with van der Waals surface area (Å²) in [4.78, 5) is 21.5. The highest BCUT2D eigenvalue weighted by Crippen LogP contribution is 2.09. The van der Waals surface area contributed by atoms with Gasteiger partial charge in [-0.05, 0) is 31.4 Å². The highest BCUT2D eigenvalue weighted by molar-refractivity contribution is 6.04. The van der Waals surface area contributed by atoms with Gasteiger partial charge in [0.1, 0.15) is 5.82 Å². The smallest absolute Gasteiger partial charge is 0.327 e. The molecule has 0 aromatic carbocycles. The Balaban J connectivity index is 1.89. The molecule has 1 aromatic rings. The predicted octanol–water partition coefficient (Wildman–Crippen LogP) is 0.857. The summed E-state index contributed by atoms with van der Waals surface area (Å²) >= 11 is 0. The zero-order chi connectivity index (χ0) is 15.2. The number of aliphatic imine (C=N–C) groups is 1. The molecule has 0 atom stereocenters. The van der Waals surface area contributed by atoms with Crippen molar-refractivity contribution in [1.82, 2.24) is 15.2 Å². The topological polar surface area (TPSA) is 119 Å². The van der Waals surface area contributed by atoms with Crippen LogP contribution >= 0.6 is 0 Å². The number of hydrogen-bond donors (Lipinski definition) is 4. The first kappa shape index (κ1) is 14.8. The molecule has 8 nitrogen and oxygen atoms in total. The molecule has 0 bridgehead atoms. The lowest BCUT2D eigenvalue weighted by molar-refractivity contribution is 0.256. The van der Waals surface area contributed by atoms with Crippen LogP contribution in [0, 0.1) is 12.3 Å². The van der Waals surface area contributed by atoms with Gasteiger partial charge in [-0.1, -0.05) is 6.07 Å². The number of rotatable bonds is 1. The first-order chi connectivity index (χ1) is 10.1. The minimum Gasteiger partial charge on any atom is -0.369 e. The van der Waals surface area contributed by atoms with Crippen molar-refractivity contribution in [1.29, 1.82) is 5.41 Å². The standard InChI is InChI=1S/C13H19N7O/c1-9-5-4-6-16-10(9)17-13(21)19-11(14)18-12(15)20-7-2-3-8-20/h4-6H,2-3,7-8H2,1H3,(H5,14,15,16,17,18,19,21). The number of pyridine rings is 1. The second-order valence-corrected chi connectivity index (χ2v) is 4.76. The molecule has 0 radical (unpaired) electrons. The summed E-state index contributed by atoms with van der Waals surface area (Å²) in [7, 11) is 0. The van der Waals surface area contributed by atoms with Crippen molar-refractivity contribution in [2.45, 2.75) is 19.8 Å². The third-order valence-corrected chi connectivity index (χ3v) is 3.11. The first-order valence-corrected chi connectivity index (χ1v) is 6.73. The molecule has 8 heteroatoms. The van der Waals surface area contributed by atoms with Crippen molar-refractivity contribution in [3.63, 3.8) is 0 Å². The highest BCUT2D eigenvalue weighted by Gasteiger charge is 2.15. The summed E-state index contributed by atoms with van der Waals surface area (Å²) in [6.45, 7) is 3.44. The molecule has 1 aliphatic heterocycles. The molecule has 1 aliphatic rings. The average Bonchev–Trinajstić information content (AvgIpc) is 2.95. The van der Waals surface area contributed by atoms with Crippen LogP contribution in [0.5, 0.6) is 0 Å². The Hall–Kier alpha value is -2.64. The van der Waals surface area contributed by atoms with Crippen LogP contribution in [0.4, 0.5) is 10.6 Å². The Kier molecular flexibility index (Phi) is 4.70. The molecule has 1 fully saturated rings. The normalized spacial score (nSPS) is 14.9. The minimum absolute atomic E-state index is 0.0688. The van der Waals surface area contributed by atoms with Gasteiger partial charge in [-0.3, -0.25) is 16.0 Å². The molecule has 0 spiro atoms. The van der Waals surface area contributed by atoms with Gasteiger partial charge in [-0.25, -0.2) is 9.78 Å². The maximum absolute atomic E-state index is 11.8. The van der Waals surface area contributed by atoms with Gasteiger partial charge in [0.05, 0.1) is 0 Å². The Morgan fingerprint density at radius 3 is 2.86 bits per heavy atom. The number of urea groups is 1. The zero-order valence-electron chi connectivity index (χ0n) is 11.9. The third kappa shape index (κ3) is 4.16. The monoisotopic (exact) mass is 289 g/mol. The fourth-order valence-electron chi connectivity index (χ4n) is 2.01. The van der Waals surface area contributed by atoms with Crippen LogP contribution in [-0.4, -0.2) is 40.9 Å². The maximum atomic E-state index is 11.8. The summed E-state index contributed by atoms with van der Waals surface area (Å²) in [6.07, 6.45) is 3.68. The van der Waals surface area contributed by atoms with Crippen molar-refractivity contribution in [2.24, 2.45) is 10.7 Å². The van der Waals surface area contributed by atoms with E-state index in [0.717, 1.165) is 31.5 Å². The van der Waals surface area contributed by atoms with Gasteiger partial charge in [0.2, 0.25) is 11.9 Å². The molecule has 0 aliphatic carbocycles. The minimum atomic E-state index is -0.535. The van der Waals surface area contributed by atoms with E-state index < -0.39 is 6.03 Å². The van der Waals surface area contributed by atoms with Crippen LogP contribution in [0.3, 0.4) is 0 Å². The van der Waals surface area contributed by atoms with Crippen LogP contribution in [0.15, 0.2) is 23.3 Å². The van der Waals surface area contributed by atoms with Crippen LogP contribution in [0.2, 0.25) is 0 Å². The number of carbonyl (C=O) groups excluding carboxylic acids is 1. The van der Waals surface area contributed by atoms with E-state index in [9.17, 15) is 4.79 Å². The summed E-state index contributed by atoms with van der Waals surface area (Å²) in [5.74, 6) is 0.412. The van der Waals surface area contributed by atoms with Crippen molar-refractivity contribution in [3.05, 3.63) is 23.9 Å². The maximum Gasteiger partial charge on any atom is 0.327 e. The number of nitrogens with zero attached hydrogens (tertiary/aromatic N) is 3. The number of carbonyl (C=O) groups is 1. The number of amides is 2. The Morgan fingerprint density at radius 2 is 2.19 bits per heavy atom. The largest absolute Gasteiger partial charge is 0.369 e. The van der Waals surface area contributed by atoms with Crippen molar-refractivity contribution < 1.29 is 4.79 Å². The first-order valence-electron chi connectivity index (χ1n) is 6.73. The Morgan fingerprint density at radius 1 is 1.48 bits per heavy atom. The number of anilines is 1. The fraction of sp³-hybridized carbons (Fsp3) is 0.385. The van der Waals surface area contributed by atoms with E-state index in [1.807, 2.05) is 17.9 Å². The SMILES string of the molecule is Cc1cccnc1NC(=O)N/C(N)=N/C(=N)N1CCCC1. The molecule has 2 heterocycles. The molecule has 5 N–H and O–H groups in total. The molecular weight excluding hydrogens is 270 g/mol. The number of aromatic nitrogens is 1. The number of guanidine groups is 2. The summed E-state index contributed by atoms with van der Waals surface area (Å²) in [6, 6.07) is 3.08. The van der Waals surface area contributed by atoms with Gasteiger partial charge < -0.3 is 10.6 Å². The molecule has 1 saturated heterocycles. The van der Waals surface area contributed by atoms with Gasteiger partial charge in [0.15, 0.2) is 0 Å². The number of likely N-dealkylation sites (tertiary alicyclic amines) is 1. The number of hydrogen-bond acceptors (Lipinski definition) is 3. The lowest BCUT2D eigenvalue weighted by atomic mass is 10.3. The lowest BCUT2D eigenvalue weighted by Gasteiger charge is -2.15. The van der Waals surface area contributed by atoms with Gasteiger partial charge in [0.25, 0.3) is 0 Å². The average molecular weight is 289 g/mol. The lowest BCUT2D eigenvalue weighted by Crippen LogP contribution is -2.41. The summed E-state index contributed by atoms with van der Waals surface area (Å²) < 4.78 is 0. The van der Waals surface area contributed by atoms with Crippen LogP contribution in [-0.2, 0) is 0 Å². The van der Waals surface area contributed by atoms with E-state index in [-0.39, 0.29) is 11.9 Å². The molecule has 112 valence electrons. The molecule has 2 rings (SSSR count). The van der Waals surface area contributed by atoms with Crippen LogP contribution < -0.4 is 16.4 Å². The number of nitrogens with one attached hydrogen (secondary N) is 3. The van der Waals surface area contributed by atoms with Gasteiger partial charge in [0, 0.05) is 19.3 Å². The van der Waals surface area contributed by atoms with Crippen molar-refractivity contribution in [3.8, 4) is 0 Å². The fourth-order valence-corrected chi connectivity index (χ4v) is 2.01. The third-order valence-electron chi connectivity index (χ3n) is 3.11. The Labute approximate surface area is 123 Å². The summed E-state index contributed by atoms with van der Waals surface area (Å²) in [5.41, 5.74) is 6.47. The molecular formula is C13H19N7O. The van der Waals surface area contributed by atoms with E-state index in [2.05, 4.69) is 20.6 Å². The van der Waals surface area contributed by atoms with Crippen LogP contribution in [0.25, 0.3) is 0 Å². The Bertz CT molecular complexity index is 563. The number of nitrogens with two attached hydrogens (primary N) is 1. The van der Waals surface area contributed by atoms with E-state index >= 15 is 0 Å². The quantitative estimate of drug-likeness (QED) is 0.452. The molecule has 1 aromatic heterocycles. The second kappa shape index (κ2) is 6.69. The molecule has 0 unspecified atom stereocenters. The van der Waals surface area contributed by atoms with Crippen LogP contribution in [0.1, 0.15) is 18.4 Å². The van der Waals surface area contributed by atoms with E-state index in [1.165, 1.54) is 0 Å². The summed E-state index contributed by atoms with van der Waals surface area (Å²) in [5, 5.41) is 12.7. The van der Waals surface area contributed by atoms with E-state index in [0.29, 0.717) is 5.82 Å². The second-order valence-electron chi connectivity index (χ2n) is 4.76. The van der Waals surface area contributed by atoms with E-state index in [4.69, 9.17) is 11.1 Å². The molecule has 2 amide bonds. The van der Waals surface area contributed by atoms with Crippen molar-refractivity contribution in [2.75, 3.05) is 18.4 Å². The number of aryl methyl sites for hydroxylation is 1. The van der Waals surface area contributed by atoms with Gasteiger partial charge in [-0.2, -0.15) is 4.99 Å². The predicted molar refractivity (Wildman–Crippen MR) is 81.3 cm³/mol. The molecule has 21 heavy (non-hydrogen) atoms.